The van der Waals surface area contributed by atoms with Gasteiger partial charge in [-0.05, 0) is 73.7 Å². The van der Waals surface area contributed by atoms with Crippen LogP contribution < -0.4 is 10.1 Å². The van der Waals surface area contributed by atoms with Crippen molar-refractivity contribution in [2.45, 2.75) is 26.7 Å². The van der Waals surface area contributed by atoms with Crippen LogP contribution in [0.3, 0.4) is 0 Å². The number of piperidine rings is 1. The molecule has 6 nitrogen and oxygen atoms in total. The van der Waals surface area contributed by atoms with Crippen LogP contribution in [0.5, 0.6) is 5.75 Å². The first kappa shape index (κ1) is 22.9. The molecule has 3 amide bonds. The average molecular weight is 444 g/mol. The number of hydrogen-bond acceptors (Lipinski definition) is 3. The minimum Gasteiger partial charge on any atom is -0.492 e. The van der Waals surface area contributed by atoms with Gasteiger partial charge in [0.15, 0.2) is 0 Å². The lowest BCUT2D eigenvalue weighted by atomic mass is 9.98. The Morgan fingerprint density at radius 1 is 1.16 bits per heavy atom. The molecule has 1 aliphatic rings. The van der Waals surface area contributed by atoms with E-state index in [9.17, 15) is 9.59 Å². The summed E-state index contributed by atoms with van der Waals surface area (Å²) in [4.78, 5) is 28.8. The standard InChI is InChI=1S/C24H30ClN3O3/c1-17-10-12-28(13-11-17)23(29)19-4-9-22(18(2)16-19)26-24(30)27(3)14-15-31-21-7-5-20(25)6-8-21/h4-9,16-17H,10-15H2,1-3H3,(H,26,30). The first-order valence-electron chi connectivity index (χ1n) is 10.6. The molecule has 0 atom stereocenters. The molecule has 1 N–H and O–H groups in total. The summed E-state index contributed by atoms with van der Waals surface area (Å²) in [7, 11) is 1.71. The molecule has 1 fully saturated rings. The van der Waals surface area contributed by atoms with Gasteiger partial charge in [-0.1, -0.05) is 18.5 Å². The van der Waals surface area contributed by atoms with E-state index in [-0.39, 0.29) is 11.9 Å². The quantitative estimate of drug-likeness (QED) is 0.678. The third kappa shape index (κ3) is 6.37. The second-order valence-electron chi connectivity index (χ2n) is 8.16. The summed E-state index contributed by atoms with van der Waals surface area (Å²) in [6.45, 7) is 6.53. The maximum Gasteiger partial charge on any atom is 0.321 e. The zero-order chi connectivity index (χ0) is 22.4. The first-order chi connectivity index (χ1) is 14.8. The van der Waals surface area contributed by atoms with Gasteiger partial charge in [-0.2, -0.15) is 0 Å². The van der Waals surface area contributed by atoms with E-state index in [0.717, 1.165) is 31.5 Å². The van der Waals surface area contributed by atoms with Crippen molar-refractivity contribution >= 4 is 29.2 Å². The number of carbonyl (C=O) groups is 2. The summed E-state index contributed by atoms with van der Waals surface area (Å²) in [6, 6.07) is 12.3. The fourth-order valence-electron chi connectivity index (χ4n) is 3.47. The molecule has 1 saturated heterocycles. The summed E-state index contributed by atoms with van der Waals surface area (Å²) in [5, 5.41) is 3.56. The molecular formula is C24H30ClN3O3. The van der Waals surface area contributed by atoms with Crippen LogP contribution in [0.2, 0.25) is 5.02 Å². The average Bonchev–Trinajstić information content (AvgIpc) is 2.76. The van der Waals surface area contributed by atoms with E-state index in [1.807, 2.05) is 17.9 Å². The molecule has 31 heavy (non-hydrogen) atoms. The van der Waals surface area contributed by atoms with E-state index in [1.54, 1.807) is 48.3 Å². The van der Waals surface area contributed by atoms with Gasteiger partial charge < -0.3 is 19.9 Å². The fraction of sp³-hybridized carbons (Fsp3) is 0.417. The molecule has 1 heterocycles. The van der Waals surface area contributed by atoms with E-state index in [4.69, 9.17) is 16.3 Å². The highest BCUT2D eigenvalue weighted by Crippen LogP contribution is 2.22. The van der Waals surface area contributed by atoms with Gasteiger partial charge in [0.1, 0.15) is 12.4 Å². The molecule has 3 rings (SSSR count). The van der Waals surface area contributed by atoms with Crippen molar-refractivity contribution in [3.05, 3.63) is 58.6 Å². The van der Waals surface area contributed by atoms with Gasteiger partial charge in [0.2, 0.25) is 0 Å². The van der Waals surface area contributed by atoms with Crippen LogP contribution in [0, 0.1) is 12.8 Å². The van der Waals surface area contributed by atoms with Gasteiger partial charge in [0.05, 0.1) is 6.54 Å². The number of hydrogen-bond donors (Lipinski definition) is 1. The van der Waals surface area contributed by atoms with Gasteiger partial charge in [0, 0.05) is 36.4 Å². The van der Waals surface area contributed by atoms with Crippen molar-refractivity contribution in [3.63, 3.8) is 0 Å². The van der Waals surface area contributed by atoms with Crippen molar-refractivity contribution in [1.82, 2.24) is 9.80 Å². The number of ether oxygens (including phenoxy) is 1. The molecule has 166 valence electrons. The summed E-state index contributed by atoms with van der Waals surface area (Å²) < 4.78 is 5.64. The van der Waals surface area contributed by atoms with Gasteiger partial charge >= 0.3 is 6.03 Å². The van der Waals surface area contributed by atoms with Crippen LogP contribution >= 0.6 is 11.6 Å². The Hall–Kier alpha value is -2.73. The summed E-state index contributed by atoms with van der Waals surface area (Å²) in [5.41, 5.74) is 2.21. The number of carbonyl (C=O) groups excluding carboxylic acids is 2. The monoisotopic (exact) mass is 443 g/mol. The van der Waals surface area contributed by atoms with Crippen molar-refractivity contribution in [2.24, 2.45) is 5.92 Å². The van der Waals surface area contributed by atoms with Crippen molar-refractivity contribution in [1.29, 1.82) is 0 Å². The lowest BCUT2D eigenvalue weighted by molar-refractivity contribution is 0.0697. The van der Waals surface area contributed by atoms with E-state index in [2.05, 4.69) is 12.2 Å². The van der Waals surface area contributed by atoms with Gasteiger partial charge in [-0.25, -0.2) is 4.79 Å². The van der Waals surface area contributed by atoms with Crippen LogP contribution in [0.4, 0.5) is 10.5 Å². The lowest BCUT2D eigenvalue weighted by Gasteiger charge is -2.30. The molecular weight excluding hydrogens is 414 g/mol. The highest BCUT2D eigenvalue weighted by Gasteiger charge is 2.22. The molecule has 0 aromatic heterocycles. The molecule has 2 aromatic carbocycles. The largest absolute Gasteiger partial charge is 0.492 e. The van der Waals surface area contributed by atoms with E-state index >= 15 is 0 Å². The van der Waals surface area contributed by atoms with Crippen LogP contribution in [0.15, 0.2) is 42.5 Å². The van der Waals surface area contributed by atoms with Crippen molar-refractivity contribution < 1.29 is 14.3 Å². The number of nitrogens with zero attached hydrogens (tertiary/aromatic N) is 2. The maximum atomic E-state index is 12.8. The number of likely N-dealkylation sites (N-methyl/N-ethyl adjacent to an activating group) is 1. The van der Waals surface area contributed by atoms with Crippen molar-refractivity contribution in [2.75, 3.05) is 38.6 Å². The SMILES string of the molecule is Cc1cc(C(=O)N2CCC(C)CC2)ccc1NC(=O)N(C)CCOc1ccc(Cl)cc1. The van der Waals surface area contributed by atoms with Gasteiger partial charge in [0.25, 0.3) is 5.91 Å². The summed E-state index contributed by atoms with van der Waals surface area (Å²) >= 11 is 5.86. The smallest absolute Gasteiger partial charge is 0.321 e. The van der Waals surface area contributed by atoms with Crippen LogP contribution in [0.1, 0.15) is 35.7 Å². The Kier molecular flexibility index (Phi) is 7.80. The Morgan fingerprint density at radius 3 is 2.48 bits per heavy atom. The van der Waals surface area contributed by atoms with E-state index < -0.39 is 0 Å². The Morgan fingerprint density at radius 2 is 1.84 bits per heavy atom. The summed E-state index contributed by atoms with van der Waals surface area (Å²) in [6.07, 6.45) is 2.10. The number of halogens is 1. The number of benzene rings is 2. The number of anilines is 1. The number of likely N-dealkylation sites (tertiary alicyclic amines) is 1. The Bertz CT molecular complexity index is 909. The third-order valence-corrected chi connectivity index (χ3v) is 5.89. The molecule has 0 aliphatic carbocycles. The molecule has 0 radical (unpaired) electrons. The lowest BCUT2D eigenvalue weighted by Crippen LogP contribution is -2.38. The van der Waals surface area contributed by atoms with Crippen LogP contribution in [0.25, 0.3) is 0 Å². The number of rotatable bonds is 6. The number of aryl methyl sites for hydroxylation is 1. The predicted octanol–water partition coefficient (Wildman–Crippen LogP) is 5.06. The maximum absolute atomic E-state index is 12.8. The van der Waals surface area contributed by atoms with Gasteiger partial charge in [-0.3, -0.25) is 4.79 Å². The molecule has 0 spiro atoms. The highest BCUT2D eigenvalue weighted by molar-refractivity contribution is 6.30. The molecule has 0 bridgehead atoms. The normalized spacial score (nSPS) is 14.3. The number of urea groups is 1. The van der Waals surface area contributed by atoms with E-state index in [0.29, 0.717) is 41.1 Å². The zero-order valence-electron chi connectivity index (χ0n) is 18.4. The van der Waals surface area contributed by atoms with Crippen LogP contribution in [-0.4, -0.2) is 55.0 Å². The second-order valence-corrected chi connectivity index (χ2v) is 8.59. The minimum absolute atomic E-state index is 0.0596. The Labute approximate surface area is 189 Å². The molecule has 0 unspecified atom stereocenters. The second kappa shape index (κ2) is 10.5. The molecule has 7 heteroatoms. The van der Waals surface area contributed by atoms with Crippen LogP contribution in [-0.2, 0) is 0 Å². The topological polar surface area (TPSA) is 61.9 Å². The van der Waals surface area contributed by atoms with Crippen molar-refractivity contribution in [3.8, 4) is 5.75 Å². The third-order valence-electron chi connectivity index (χ3n) is 5.64. The predicted molar refractivity (Wildman–Crippen MR) is 124 cm³/mol. The Balaban J connectivity index is 1.51. The summed E-state index contributed by atoms with van der Waals surface area (Å²) in [5.74, 6) is 1.44. The molecule has 0 saturated carbocycles. The number of amides is 3. The minimum atomic E-state index is -0.230. The first-order valence-corrected chi connectivity index (χ1v) is 11.0. The highest BCUT2D eigenvalue weighted by atomic mass is 35.5. The molecule has 2 aromatic rings. The number of nitrogens with one attached hydrogen (secondary N) is 1. The van der Waals surface area contributed by atoms with E-state index in [1.165, 1.54) is 0 Å². The zero-order valence-corrected chi connectivity index (χ0v) is 19.1. The van der Waals surface area contributed by atoms with Gasteiger partial charge in [-0.15, -0.1) is 0 Å². The molecule has 1 aliphatic heterocycles. The fourth-order valence-corrected chi connectivity index (χ4v) is 3.60.